The molecule has 122 valence electrons. The number of anilines is 2. The van der Waals surface area contributed by atoms with Crippen LogP contribution in [-0.4, -0.2) is 17.9 Å². The number of aromatic nitrogens is 1. The van der Waals surface area contributed by atoms with Crippen molar-refractivity contribution in [3.63, 3.8) is 0 Å². The smallest absolute Gasteiger partial charge is 0.406 e. The molecular formula is C16H14F3IN2O. The third kappa shape index (κ3) is 3.39. The van der Waals surface area contributed by atoms with Gasteiger partial charge in [-0.1, -0.05) is 0 Å². The van der Waals surface area contributed by atoms with E-state index in [1.807, 2.05) is 13.0 Å². The molecular weight excluding hydrogens is 420 g/mol. The third-order valence-electron chi connectivity index (χ3n) is 3.71. The maximum Gasteiger partial charge on any atom is 0.573 e. The van der Waals surface area contributed by atoms with Crippen molar-refractivity contribution in [1.29, 1.82) is 0 Å². The van der Waals surface area contributed by atoms with Gasteiger partial charge in [-0.05, 0) is 72.7 Å². The molecule has 0 amide bonds. The predicted octanol–water partition coefficient (Wildman–Crippen LogP) is 4.90. The summed E-state index contributed by atoms with van der Waals surface area (Å²) in [6.45, 7) is 4.48. The molecule has 0 atom stereocenters. The summed E-state index contributed by atoms with van der Waals surface area (Å²) in [5, 5.41) is 0. The monoisotopic (exact) mass is 434 g/mol. The number of aryl methyl sites for hydroxylation is 2. The van der Waals surface area contributed by atoms with Crippen LogP contribution in [-0.2, 0) is 6.42 Å². The van der Waals surface area contributed by atoms with Crippen LogP contribution in [0.1, 0.15) is 16.8 Å². The number of pyridine rings is 1. The number of alkyl halides is 3. The molecule has 1 aliphatic rings. The first-order chi connectivity index (χ1) is 10.7. The van der Waals surface area contributed by atoms with Gasteiger partial charge in [-0.25, -0.2) is 4.98 Å². The zero-order valence-corrected chi connectivity index (χ0v) is 14.7. The van der Waals surface area contributed by atoms with E-state index in [1.165, 1.54) is 21.3 Å². The first-order valence-corrected chi connectivity index (χ1v) is 8.12. The highest BCUT2D eigenvalue weighted by Gasteiger charge is 2.31. The molecule has 2 heterocycles. The normalized spacial score (nSPS) is 14.1. The lowest BCUT2D eigenvalue weighted by molar-refractivity contribution is -0.274. The summed E-state index contributed by atoms with van der Waals surface area (Å²) < 4.78 is 42.1. The average Bonchev–Trinajstić information content (AvgIpc) is 2.81. The van der Waals surface area contributed by atoms with Gasteiger partial charge in [0.15, 0.2) is 0 Å². The number of fused-ring (bicyclic) bond motifs is 1. The second-order valence-corrected chi connectivity index (χ2v) is 6.61. The molecule has 0 fully saturated rings. The summed E-state index contributed by atoms with van der Waals surface area (Å²) in [6, 6.07) is 6.44. The number of halogens is 4. The Morgan fingerprint density at radius 3 is 2.61 bits per heavy atom. The van der Waals surface area contributed by atoms with Crippen LogP contribution in [0.25, 0.3) is 0 Å². The van der Waals surface area contributed by atoms with Crippen LogP contribution >= 0.6 is 22.6 Å². The fourth-order valence-electron chi connectivity index (χ4n) is 2.79. The van der Waals surface area contributed by atoms with Gasteiger partial charge in [0.05, 0.1) is 0 Å². The fourth-order valence-corrected chi connectivity index (χ4v) is 3.75. The first-order valence-electron chi connectivity index (χ1n) is 7.04. The molecule has 2 aromatic rings. The molecule has 0 bridgehead atoms. The molecule has 0 aliphatic carbocycles. The van der Waals surface area contributed by atoms with Crippen LogP contribution in [0.15, 0.2) is 24.3 Å². The molecule has 3 rings (SSSR count). The van der Waals surface area contributed by atoms with E-state index in [-0.39, 0.29) is 5.75 Å². The molecule has 0 saturated heterocycles. The Morgan fingerprint density at radius 2 is 1.96 bits per heavy atom. The third-order valence-corrected chi connectivity index (χ3v) is 4.67. The average molecular weight is 434 g/mol. The van der Waals surface area contributed by atoms with Crippen LogP contribution in [0, 0.1) is 17.4 Å². The predicted molar refractivity (Wildman–Crippen MR) is 90.3 cm³/mol. The maximum absolute atomic E-state index is 12.3. The SMILES string of the molecule is Cc1cc(I)c2c(n1)N(c1ccc(OC(F)(F)F)cc1C)CC2. The number of benzene rings is 1. The van der Waals surface area contributed by atoms with Gasteiger partial charge in [-0.15, -0.1) is 13.2 Å². The molecule has 0 radical (unpaired) electrons. The van der Waals surface area contributed by atoms with Crippen molar-refractivity contribution in [2.45, 2.75) is 26.6 Å². The Morgan fingerprint density at radius 1 is 1.22 bits per heavy atom. The first kappa shape index (κ1) is 16.4. The topological polar surface area (TPSA) is 25.4 Å². The minimum Gasteiger partial charge on any atom is -0.406 e. The minimum atomic E-state index is -4.68. The van der Waals surface area contributed by atoms with Gasteiger partial charge in [0, 0.05) is 27.1 Å². The van der Waals surface area contributed by atoms with Crippen LogP contribution in [0.3, 0.4) is 0 Å². The Kier molecular flexibility index (Phi) is 4.16. The van der Waals surface area contributed by atoms with Crippen molar-refractivity contribution >= 4 is 34.1 Å². The number of hydrogen-bond donors (Lipinski definition) is 0. The molecule has 23 heavy (non-hydrogen) atoms. The molecule has 1 aromatic heterocycles. The lowest BCUT2D eigenvalue weighted by Gasteiger charge is -2.22. The van der Waals surface area contributed by atoms with Gasteiger partial charge in [0.2, 0.25) is 0 Å². The Bertz CT molecular complexity index is 762. The van der Waals surface area contributed by atoms with Crippen LogP contribution in [0.4, 0.5) is 24.7 Å². The number of ether oxygens (including phenoxy) is 1. The highest BCUT2D eigenvalue weighted by Crippen LogP contribution is 2.38. The summed E-state index contributed by atoms with van der Waals surface area (Å²) in [5.41, 5.74) is 3.69. The van der Waals surface area contributed by atoms with E-state index in [1.54, 1.807) is 13.0 Å². The second-order valence-electron chi connectivity index (χ2n) is 5.45. The molecule has 0 spiro atoms. The van der Waals surface area contributed by atoms with Crippen molar-refractivity contribution in [2.24, 2.45) is 0 Å². The molecule has 7 heteroatoms. The number of nitrogens with zero attached hydrogens (tertiary/aromatic N) is 2. The molecule has 3 nitrogen and oxygen atoms in total. The number of hydrogen-bond acceptors (Lipinski definition) is 3. The van der Waals surface area contributed by atoms with Gasteiger partial charge < -0.3 is 9.64 Å². The zero-order valence-electron chi connectivity index (χ0n) is 12.5. The van der Waals surface area contributed by atoms with E-state index in [4.69, 9.17) is 0 Å². The molecule has 0 saturated carbocycles. The minimum absolute atomic E-state index is 0.204. The highest BCUT2D eigenvalue weighted by atomic mass is 127. The highest BCUT2D eigenvalue weighted by molar-refractivity contribution is 14.1. The molecule has 1 aromatic carbocycles. The largest absolute Gasteiger partial charge is 0.573 e. The summed E-state index contributed by atoms with van der Waals surface area (Å²) in [4.78, 5) is 6.66. The second kappa shape index (κ2) is 5.85. The summed E-state index contributed by atoms with van der Waals surface area (Å²) in [7, 11) is 0. The van der Waals surface area contributed by atoms with Crippen LogP contribution in [0.5, 0.6) is 5.75 Å². The van der Waals surface area contributed by atoms with Gasteiger partial charge in [0.1, 0.15) is 11.6 Å². The van der Waals surface area contributed by atoms with E-state index in [9.17, 15) is 13.2 Å². The Labute approximate surface area is 145 Å². The van der Waals surface area contributed by atoms with Crippen molar-refractivity contribution in [1.82, 2.24) is 4.98 Å². The standard InChI is InChI=1S/C16H14F3IN2O/c1-9-7-11(23-16(17,18)19)3-4-14(9)22-6-5-12-13(20)8-10(2)21-15(12)22/h3-4,7-8H,5-6H2,1-2H3. The van der Waals surface area contributed by atoms with Crippen molar-refractivity contribution < 1.29 is 17.9 Å². The fraction of sp³-hybridized carbons (Fsp3) is 0.312. The van der Waals surface area contributed by atoms with E-state index >= 15 is 0 Å². The van der Waals surface area contributed by atoms with Gasteiger partial charge in [0.25, 0.3) is 0 Å². The number of rotatable bonds is 2. The lowest BCUT2D eigenvalue weighted by atomic mass is 10.1. The molecule has 0 N–H and O–H groups in total. The Hall–Kier alpha value is -1.51. The maximum atomic E-state index is 12.3. The summed E-state index contributed by atoms with van der Waals surface area (Å²) in [6.07, 6.45) is -3.80. The summed E-state index contributed by atoms with van der Waals surface area (Å²) in [5.74, 6) is 0.687. The van der Waals surface area contributed by atoms with Crippen molar-refractivity contribution in [3.05, 3.63) is 44.7 Å². The summed E-state index contributed by atoms with van der Waals surface area (Å²) >= 11 is 2.30. The Balaban J connectivity index is 1.96. The van der Waals surface area contributed by atoms with Crippen LogP contribution < -0.4 is 9.64 Å². The quantitative estimate of drug-likeness (QED) is 0.630. The molecule has 0 unspecified atom stereocenters. The van der Waals surface area contributed by atoms with Gasteiger partial charge >= 0.3 is 6.36 Å². The molecule has 1 aliphatic heterocycles. The van der Waals surface area contributed by atoms with Crippen molar-refractivity contribution in [3.8, 4) is 5.75 Å². The zero-order chi connectivity index (χ0) is 16.8. The van der Waals surface area contributed by atoms with E-state index in [0.717, 1.165) is 35.7 Å². The van der Waals surface area contributed by atoms with E-state index < -0.39 is 6.36 Å². The lowest BCUT2D eigenvalue weighted by Crippen LogP contribution is -2.18. The van der Waals surface area contributed by atoms with Crippen molar-refractivity contribution in [2.75, 3.05) is 11.4 Å². The van der Waals surface area contributed by atoms with Gasteiger partial charge in [-0.3, -0.25) is 0 Å². The van der Waals surface area contributed by atoms with E-state index in [0.29, 0.717) is 0 Å². The van der Waals surface area contributed by atoms with Crippen LogP contribution in [0.2, 0.25) is 0 Å². The van der Waals surface area contributed by atoms with E-state index in [2.05, 4.69) is 37.2 Å². The van der Waals surface area contributed by atoms with Gasteiger partial charge in [-0.2, -0.15) is 0 Å².